The van der Waals surface area contributed by atoms with Crippen LogP contribution in [0.5, 0.6) is 0 Å². The lowest BCUT2D eigenvalue weighted by Gasteiger charge is -1.97. The van der Waals surface area contributed by atoms with Gasteiger partial charge in [-0.15, -0.1) is 0 Å². The van der Waals surface area contributed by atoms with Crippen molar-refractivity contribution >= 4 is 17.6 Å². The van der Waals surface area contributed by atoms with E-state index in [1.165, 1.54) is 6.33 Å². The Bertz CT molecular complexity index is 354. The Morgan fingerprint density at radius 2 is 2.07 bits per heavy atom. The third-order valence-corrected chi connectivity index (χ3v) is 1.52. The van der Waals surface area contributed by atoms with Crippen molar-refractivity contribution in [3.63, 3.8) is 0 Å². The van der Waals surface area contributed by atoms with Crippen LogP contribution in [0, 0.1) is 0 Å². The van der Waals surface area contributed by atoms with Crippen LogP contribution in [0.4, 0.5) is 5.82 Å². The highest BCUT2D eigenvalue weighted by Gasteiger charge is 1.97. The molecule has 0 fully saturated rings. The van der Waals surface area contributed by atoms with Crippen molar-refractivity contribution in [3.05, 3.63) is 37.3 Å². The molecule has 3 heteroatoms. The molecule has 15 heavy (non-hydrogen) atoms. The minimum Gasteiger partial charge on any atom is -0.244 e. The first-order valence-electron chi connectivity index (χ1n) is 4.88. The summed E-state index contributed by atoms with van der Waals surface area (Å²) in [6.07, 6.45) is 6.49. The number of aromatic nitrogens is 2. The van der Waals surface area contributed by atoms with E-state index in [1.54, 1.807) is 18.3 Å². The van der Waals surface area contributed by atoms with Crippen LogP contribution in [0.15, 0.2) is 36.8 Å². The van der Waals surface area contributed by atoms with Crippen molar-refractivity contribution in [3.8, 4) is 0 Å². The SMILES string of the molecule is C=CC(C)=Nc1ncncc1C=C.CC. The quantitative estimate of drug-likeness (QED) is 0.706. The molecular formula is C12H17N3. The molecular weight excluding hydrogens is 186 g/mol. The zero-order valence-corrected chi connectivity index (χ0v) is 9.57. The van der Waals surface area contributed by atoms with Crippen LogP contribution >= 0.6 is 0 Å². The minimum absolute atomic E-state index is 0.627. The third-order valence-electron chi connectivity index (χ3n) is 1.52. The first-order valence-corrected chi connectivity index (χ1v) is 4.88. The number of rotatable bonds is 3. The Morgan fingerprint density at radius 3 is 2.60 bits per heavy atom. The van der Waals surface area contributed by atoms with Gasteiger partial charge in [-0.25, -0.2) is 15.0 Å². The van der Waals surface area contributed by atoms with E-state index in [4.69, 9.17) is 0 Å². The monoisotopic (exact) mass is 203 g/mol. The van der Waals surface area contributed by atoms with E-state index in [0.717, 1.165) is 11.3 Å². The van der Waals surface area contributed by atoms with Crippen molar-refractivity contribution in [2.75, 3.05) is 0 Å². The second kappa shape index (κ2) is 7.62. The maximum absolute atomic E-state index is 4.22. The molecule has 1 rings (SSSR count). The van der Waals surface area contributed by atoms with Gasteiger partial charge in [0.15, 0.2) is 5.82 Å². The Kier molecular flexibility index (Phi) is 6.72. The van der Waals surface area contributed by atoms with Crippen LogP contribution in [-0.4, -0.2) is 15.7 Å². The molecule has 0 aliphatic heterocycles. The van der Waals surface area contributed by atoms with Gasteiger partial charge in [0, 0.05) is 17.5 Å². The summed E-state index contributed by atoms with van der Waals surface area (Å²) in [6, 6.07) is 0. The fraction of sp³-hybridized carbons (Fsp3) is 0.250. The lowest BCUT2D eigenvalue weighted by Crippen LogP contribution is -1.87. The van der Waals surface area contributed by atoms with Crippen LogP contribution in [0.2, 0.25) is 0 Å². The maximum Gasteiger partial charge on any atom is 0.162 e. The van der Waals surface area contributed by atoms with E-state index in [1.807, 2.05) is 20.8 Å². The molecule has 1 heterocycles. The average molecular weight is 203 g/mol. The lowest BCUT2D eigenvalue weighted by molar-refractivity contribution is 1.14. The highest BCUT2D eigenvalue weighted by Crippen LogP contribution is 2.14. The maximum atomic E-state index is 4.22. The van der Waals surface area contributed by atoms with Crippen LogP contribution in [0.25, 0.3) is 6.08 Å². The molecule has 0 N–H and O–H groups in total. The number of nitrogens with zero attached hydrogens (tertiary/aromatic N) is 3. The first kappa shape index (κ1) is 13.2. The second-order valence-electron chi connectivity index (χ2n) is 2.46. The van der Waals surface area contributed by atoms with Crippen molar-refractivity contribution in [1.82, 2.24) is 9.97 Å². The zero-order chi connectivity index (χ0) is 11.7. The summed E-state index contributed by atoms with van der Waals surface area (Å²) < 4.78 is 0. The molecule has 0 spiro atoms. The summed E-state index contributed by atoms with van der Waals surface area (Å²) in [5.41, 5.74) is 1.64. The number of hydrogen-bond acceptors (Lipinski definition) is 3. The van der Waals surface area contributed by atoms with Crippen LogP contribution in [0.3, 0.4) is 0 Å². The fourth-order valence-electron chi connectivity index (χ4n) is 0.784. The molecule has 0 saturated heterocycles. The second-order valence-corrected chi connectivity index (χ2v) is 2.46. The minimum atomic E-state index is 0.627. The molecule has 0 amide bonds. The highest BCUT2D eigenvalue weighted by molar-refractivity contribution is 5.94. The number of hydrogen-bond donors (Lipinski definition) is 0. The highest BCUT2D eigenvalue weighted by atomic mass is 14.9. The molecule has 0 bridgehead atoms. The van der Waals surface area contributed by atoms with Gasteiger partial charge in [-0.3, -0.25) is 0 Å². The average Bonchev–Trinajstić information content (AvgIpc) is 2.32. The van der Waals surface area contributed by atoms with Gasteiger partial charge in [0.1, 0.15) is 6.33 Å². The van der Waals surface area contributed by atoms with Gasteiger partial charge >= 0.3 is 0 Å². The van der Waals surface area contributed by atoms with Gasteiger partial charge < -0.3 is 0 Å². The topological polar surface area (TPSA) is 38.1 Å². The van der Waals surface area contributed by atoms with Gasteiger partial charge in [-0.1, -0.05) is 33.1 Å². The molecule has 0 unspecified atom stereocenters. The molecule has 0 aliphatic carbocycles. The number of aliphatic imine (C=N–C) groups is 1. The Hall–Kier alpha value is -1.77. The zero-order valence-electron chi connectivity index (χ0n) is 9.57. The van der Waals surface area contributed by atoms with Crippen molar-refractivity contribution in [1.29, 1.82) is 0 Å². The Morgan fingerprint density at radius 1 is 1.40 bits per heavy atom. The molecule has 1 aromatic heterocycles. The molecule has 3 nitrogen and oxygen atoms in total. The van der Waals surface area contributed by atoms with Crippen molar-refractivity contribution in [2.45, 2.75) is 20.8 Å². The van der Waals surface area contributed by atoms with Crippen molar-refractivity contribution < 1.29 is 0 Å². The molecule has 0 saturated carbocycles. The molecule has 80 valence electrons. The molecule has 0 radical (unpaired) electrons. The van der Waals surface area contributed by atoms with Gasteiger partial charge in [0.05, 0.1) is 0 Å². The Labute approximate surface area is 91.3 Å². The fourth-order valence-corrected chi connectivity index (χ4v) is 0.784. The van der Waals surface area contributed by atoms with Crippen LogP contribution < -0.4 is 0 Å². The lowest BCUT2D eigenvalue weighted by atomic mass is 10.3. The normalized spacial score (nSPS) is 9.93. The summed E-state index contributed by atoms with van der Waals surface area (Å²) >= 11 is 0. The predicted molar refractivity (Wildman–Crippen MR) is 66.4 cm³/mol. The van der Waals surface area contributed by atoms with E-state index < -0.39 is 0 Å². The van der Waals surface area contributed by atoms with Crippen molar-refractivity contribution in [2.24, 2.45) is 4.99 Å². The smallest absolute Gasteiger partial charge is 0.162 e. The first-order chi connectivity index (χ1) is 7.27. The summed E-state index contributed by atoms with van der Waals surface area (Å²) in [5, 5.41) is 0. The Balaban J connectivity index is 0.000000921. The summed E-state index contributed by atoms with van der Waals surface area (Å²) in [5.74, 6) is 0.627. The molecule has 0 aliphatic rings. The molecule has 1 aromatic rings. The van der Waals surface area contributed by atoms with Gasteiger partial charge in [-0.05, 0) is 13.0 Å². The molecule has 0 aromatic carbocycles. The summed E-state index contributed by atoms with van der Waals surface area (Å²) in [7, 11) is 0. The third kappa shape index (κ3) is 4.31. The number of allylic oxidation sites excluding steroid dienone is 1. The predicted octanol–water partition coefficient (Wildman–Crippen LogP) is 3.42. The van der Waals surface area contributed by atoms with E-state index in [-0.39, 0.29) is 0 Å². The van der Waals surface area contributed by atoms with E-state index >= 15 is 0 Å². The summed E-state index contributed by atoms with van der Waals surface area (Å²) in [6.45, 7) is 13.1. The summed E-state index contributed by atoms with van der Waals surface area (Å²) in [4.78, 5) is 12.1. The van der Waals surface area contributed by atoms with Crippen LogP contribution in [-0.2, 0) is 0 Å². The van der Waals surface area contributed by atoms with Gasteiger partial charge in [0.25, 0.3) is 0 Å². The van der Waals surface area contributed by atoms with E-state index in [2.05, 4.69) is 28.1 Å². The standard InChI is InChI=1S/C10H11N3.C2H6/c1-4-8(3)13-10-9(5-2)6-11-7-12-10;1-2/h4-7H,1-2H2,3H3;1-2H3. The van der Waals surface area contributed by atoms with Gasteiger partial charge in [-0.2, -0.15) is 0 Å². The largest absolute Gasteiger partial charge is 0.244 e. The van der Waals surface area contributed by atoms with Crippen LogP contribution in [0.1, 0.15) is 26.3 Å². The molecule has 0 atom stereocenters. The van der Waals surface area contributed by atoms with Gasteiger partial charge in [0.2, 0.25) is 0 Å². The van der Waals surface area contributed by atoms with E-state index in [9.17, 15) is 0 Å². The van der Waals surface area contributed by atoms with E-state index in [0.29, 0.717) is 5.82 Å².